The lowest BCUT2D eigenvalue weighted by atomic mass is 10.0. The van der Waals surface area contributed by atoms with Crippen molar-refractivity contribution in [2.75, 3.05) is 33.4 Å². The third kappa shape index (κ3) is 5.44. The Morgan fingerprint density at radius 1 is 1.14 bits per heavy atom. The monoisotopic (exact) mass is 472 g/mol. The zero-order valence-electron chi connectivity index (χ0n) is 19.6. The van der Waals surface area contributed by atoms with Crippen LogP contribution >= 0.6 is 0 Å². The van der Waals surface area contributed by atoms with E-state index in [2.05, 4.69) is 16.0 Å². The Balaban J connectivity index is 1.29. The Kier molecular flexibility index (Phi) is 6.90. The second-order valence-electron chi connectivity index (χ2n) is 8.59. The van der Waals surface area contributed by atoms with Crippen molar-refractivity contribution in [2.24, 2.45) is 5.92 Å². The van der Waals surface area contributed by atoms with Crippen molar-refractivity contribution in [1.82, 2.24) is 19.9 Å². The standard InChI is InChI=1S/C27H28N4O4/c1-33-24-8-6-21(15-25(24)35-18-23-4-2-3-10-28-23)27(32)31-12-13-34-17-19(16-31)14-22-7-5-20-9-11-29-26(20)30-22/h2-11,15,19H,12-14,16-18H2,1H3,(H,29,30)/t19-/m1/s1. The number of carbonyl (C=O) groups is 1. The summed E-state index contributed by atoms with van der Waals surface area (Å²) in [6, 6.07) is 17.1. The first-order valence-electron chi connectivity index (χ1n) is 11.7. The van der Waals surface area contributed by atoms with Crippen LogP contribution in [0.4, 0.5) is 0 Å². The molecule has 0 aliphatic carbocycles. The van der Waals surface area contributed by atoms with Crippen molar-refractivity contribution < 1.29 is 19.0 Å². The van der Waals surface area contributed by atoms with Crippen LogP contribution in [0.5, 0.6) is 11.5 Å². The molecule has 1 fully saturated rings. The maximum Gasteiger partial charge on any atom is 0.254 e. The fraction of sp³-hybridized carbons (Fsp3) is 0.296. The number of amides is 1. The lowest BCUT2D eigenvalue weighted by molar-refractivity contribution is 0.0736. The lowest BCUT2D eigenvalue weighted by Gasteiger charge is -2.24. The molecule has 8 heteroatoms. The topological polar surface area (TPSA) is 89.6 Å². The molecule has 1 saturated heterocycles. The molecule has 180 valence electrons. The quantitative estimate of drug-likeness (QED) is 0.439. The molecule has 5 rings (SSSR count). The van der Waals surface area contributed by atoms with Crippen LogP contribution in [0.3, 0.4) is 0 Å². The van der Waals surface area contributed by atoms with E-state index in [0.717, 1.165) is 28.8 Å². The molecule has 4 aromatic rings. The van der Waals surface area contributed by atoms with E-state index in [-0.39, 0.29) is 18.4 Å². The van der Waals surface area contributed by atoms with Gasteiger partial charge in [0.2, 0.25) is 0 Å². The van der Waals surface area contributed by atoms with Gasteiger partial charge in [0, 0.05) is 48.0 Å². The molecule has 0 spiro atoms. The van der Waals surface area contributed by atoms with E-state index in [1.807, 2.05) is 41.4 Å². The number of nitrogens with zero attached hydrogens (tertiary/aromatic N) is 3. The van der Waals surface area contributed by atoms with Crippen molar-refractivity contribution in [3.63, 3.8) is 0 Å². The Morgan fingerprint density at radius 2 is 2.09 bits per heavy atom. The summed E-state index contributed by atoms with van der Waals surface area (Å²) in [6.07, 6.45) is 4.35. The molecule has 8 nitrogen and oxygen atoms in total. The predicted molar refractivity (Wildman–Crippen MR) is 132 cm³/mol. The molecule has 4 heterocycles. The van der Waals surface area contributed by atoms with E-state index in [9.17, 15) is 4.79 Å². The number of hydrogen-bond acceptors (Lipinski definition) is 6. The number of nitrogens with one attached hydrogen (secondary N) is 1. The minimum Gasteiger partial charge on any atom is -0.493 e. The lowest BCUT2D eigenvalue weighted by Crippen LogP contribution is -2.36. The van der Waals surface area contributed by atoms with Gasteiger partial charge in [-0.2, -0.15) is 0 Å². The average molecular weight is 473 g/mol. The Labute approximate surface area is 203 Å². The van der Waals surface area contributed by atoms with Gasteiger partial charge in [-0.3, -0.25) is 9.78 Å². The number of rotatable bonds is 7. The molecule has 0 radical (unpaired) electrons. The highest BCUT2D eigenvalue weighted by atomic mass is 16.5. The van der Waals surface area contributed by atoms with Gasteiger partial charge < -0.3 is 24.1 Å². The van der Waals surface area contributed by atoms with E-state index in [1.165, 1.54) is 0 Å². The van der Waals surface area contributed by atoms with Gasteiger partial charge in [-0.25, -0.2) is 4.98 Å². The molecule has 1 aliphatic rings. The molecule has 1 aliphatic heterocycles. The van der Waals surface area contributed by atoms with Crippen molar-refractivity contribution in [1.29, 1.82) is 0 Å². The first-order valence-corrected chi connectivity index (χ1v) is 11.7. The van der Waals surface area contributed by atoms with E-state index in [1.54, 1.807) is 31.5 Å². The molecule has 3 aromatic heterocycles. The first-order chi connectivity index (χ1) is 17.2. The van der Waals surface area contributed by atoms with Crippen LogP contribution in [0.1, 0.15) is 21.7 Å². The first kappa shape index (κ1) is 22.9. The molecule has 0 saturated carbocycles. The predicted octanol–water partition coefficient (Wildman–Crippen LogP) is 3.88. The number of H-pyrrole nitrogens is 1. The van der Waals surface area contributed by atoms with Gasteiger partial charge in [-0.1, -0.05) is 6.07 Å². The van der Waals surface area contributed by atoms with Crippen molar-refractivity contribution >= 4 is 16.9 Å². The second kappa shape index (κ2) is 10.6. The maximum atomic E-state index is 13.5. The number of carbonyl (C=O) groups excluding carboxylic acids is 1. The summed E-state index contributed by atoms with van der Waals surface area (Å²) >= 11 is 0. The molecule has 0 unspecified atom stereocenters. The molecular formula is C27H28N4O4. The van der Waals surface area contributed by atoms with Crippen LogP contribution < -0.4 is 9.47 Å². The Morgan fingerprint density at radius 3 is 2.94 bits per heavy atom. The summed E-state index contributed by atoms with van der Waals surface area (Å²) in [7, 11) is 1.58. The van der Waals surface area contributed by atoms with E-state index >= 15 is 0 Å². The maximum absolute atomic E-state index is 13.5. The molecule has 1 atom stereocenters. The minimum absolute atomic E-state index is 0.0568. The smallest absolute Gasteiger partial charge is 0.254 e. The van der Waals surface area contributed by atoms with Crippen LogP contribution in [0.25, 0.3) is 11.0 Å². The van der Waals surface area contributed by atoms with Crippen molar-refractivity contribution in [3.8, 4) is 11.5 Å². The molecule has 0 bridgehead atoms. The molecule has 35 heavy (non-hydrogen) atoms. The number of pyridine rings is 2. The SMILES string of the molecule is COc1ccc(C(=O)N2CCOC[C@H](Cc3ccc4cc[nH]c4n3)C2)cc1OCc1ccccn1. The summed E-state index contributed by atoms with van der Waals surface area (Å²) < 4.78 is 17.2. The van der Waals surface area contributed by atoms with Gasteiger partial charge in [-0.05, 0) is 55.0 Å². The van der Waals surface area contributed by atoms with Gasteiger partial charge in [-0.15, -0.1) is 0 Å². The van der Waals surface area contributed by atoms with Gasteiger partial charge in [0.05, 0.1) is 26.0 Å². The highest BCUT2D eigenvalue weighted by Crippen LogP contribution is 2.29. The van der Waals surface area contributed by atoms with Crippen LogP contribution in [0, 0.1) is 5.92 Å². The van der Waals surface area contributed by atoms with E-state index in [4.69, 9.17) is 19.2 Å². The number of ether oxygens (including phenoxy) is 3. The fourth-order valence-corrected chi connectivity index (χ4v) is 4.31. The van der Waals surface area contributed by atoms with Crippen molar-refractivity contribution in [2.45, 2.75) is 13.0 Å². The summed E-state index contributed by atoms with van der Waals surface area (Å²) in [4.78, 5) is 27.5. The molecule has 1 N–H and O–H groups in total. The zero-order chi connectivity index (χ0) is 24.0. The molecule has 1 aromatic carbocycles. The number of hydrogen-bond donors (Lipinski definition) is 1. The van der Waals surface area contributed by atoms with Crippen molar-refractivity contribution in [3.05, 3.63) is 83.9 Å². The summed E-state index contributed by atoms with van der Waals surface area (Å²) in [5, 5.41) is 1.09. The van der Waals surface area contributed by atoms with Gasteiger partial charge in [0.15, 0.2) is 11.5 Å². The van der Waals surface area contributed by atoms with Crippen LogP contribution in [-0.4, -0.2) is 59.2 Å². The summed E-state index contributed by atoms with van der Waals surface area (Å²) in [5.74, 6) is 1.17. The largest absolute Gasteiger partial charge is 0.493 e. The molecule has 1 amide bonds. The Bertz CT molecular complexity index is 1290. The average Bonchev–Trinajstić information content (AvgIpc) is 3.24. The number of fused-ring (bicyclic) bond motifs is 1. The fourth-order valence-electron chi connectivity index (χ4n) is 4.31. The highest BCUT2D eigenvalue weighted by molar-refractivity contribution is 5.95. The molecular weight excluding hydrogens is 444 g/mol. The number of aromatic amines is 1. The van der Waals surface area contributed by atoms with Gasteiger partial charge in [0.25, 0.3) is 5.91 Å². The van der Waals surface area contributed by atoms with Crippen LogP contribution in [-0.2, 0) is 17.8 Å². The highest BCUT2D eigenvalue weighted by Gasteiger charge is 2.25. The van der Waals surface area contributed by atoms with Gasteiger partial charge in [0.1, 0.15) is 12.3 Å². The summed E-state index contributed by atoms with van der Waals surface area (Å²) in [6.45, 7) is 2.51. The summed E-state index contributed by atoms with van der Waals surface area (Å²) in [5.41, 5.74) is 3.21. The zero-order valence-corrected chi connectivity index (χ0v) is 19.6. The number of methoxy groups -OCH3 is 1. The minimum atomic E-state index is -0.0568. The third-order valence-corrected chi connectivity index (χ3v) is 6.10. The number of aromatic nitrogens is 3. The van der Waals surface area contributed by atoms with E-state index in [0.29, 0.717) is 43.4 Å². The third-order valence-electron chi connectivity index (χ3n) is 6.10. The Hall–Kier alpha value is -3.91. The normalized spacial score (nSPS) is 16.1. The van der Waals surface area contributed by atoms with Crippen LogP contribution in [0.2, 0.25) is 0 Å². The number of benzene rings is 1. The second-order valence-corrected chi connectivity index (χ2v) is 8.59. The van der Waals surface area contributed by atoms with Crippen LogP contribution in [0.15, 0.2) is 67.0 Å². The van der Waals surface area contributed by atoms with E-state index < -0.39 is 0 Å². The van der Waals surface area contributed by atoms with Gasteiger partial charge >= 0.3 is 0 Å².